The molecule has 4 nitrogen and oxygen atoms in total. The molecular formula is C26H26Cl2N2O2. The lowest BCUT2D eigenvalue weighted by atomic mass is 10.0. The van der Waals surface area contributed by atoms with Gasteiger partial charge in [0.1, 0.15) is 6.04 Å². The molecule has 32 heavy (non-hydrogen) atoms. The summed E-state index contributed by atoms with van der Waals surface area (Å²) in [5, 5.41) is 3.66. The molecule has 0 aromatic heterocycles. The molecule has 0 aliphatic rings. The van der Waals surface area contributed by atoms with Crippen LogP contribution in [0.25, 0.3) is 0 Å². The highest BCUT2D eigenvalue weighted by atomic mass is 35.5. The minimum absolute atomic E-state index is 0.0736. The van der Waals surface area contributed by atoms with Gasteiger partial charge >= 0.3 is 0 Å². The first-order valence-corrected chi connectivity index (χ1v) is 11.2. The van der Waals surface area contributed by atoms with E-state index in [2.05, 4.69) is 5.32 Å². The molecule has 1 N–H and O–H groups in total. The molecule has 0 fully saturated rings. The van der Waals surface area contributed by atoms with Crippen molar-refractivity contribution in [2.45, 2.75) is 32.4 Å². The van der Waals surface area contributed by atoms with Crippen LogP contribution in [0.1, 0.15) is 22.3 Å². The normalized spacial score (nSPS) is 11.6. The van der Waals surface area contributed by atoms with Gasteiger partial charge in [-0.3, -0.25) is 9.59 Å². The lowest BCUT2D eigenvalue weighted by Gasteiger charge is -2.31. The fourth-order valence-electron chi connectivity index (χ4n) is 3.54. The van der Waals surface area contributed by atoms with Crippen LogP contribution in [-0.4, -0.2) is 29.8 Å². The molecule has 0 aliphatic heterocycles. The summed E-state index contributed by atoms with van der Waals surface area (Å²) < 4.78 is 0. The maximum atomic E-state index is 13.5. The summed E-state index contributed by atoms with van der Waals surface area (Å²) in [5.74, 6) is -0.393. The Bertz CT molecular complexity index is 1070. The van der Waals surface area contributed by atoms with Crippen LogP contribution in [0.5, 0.6) is 0 Å². The van der Waals surface area contributed by atoms with Crippen molar-refractivity contribution < 1.29 is 9.59 Å². The number of carbonyl (C=O) groups excluding carboxylic acids is 2. The molecule has 3 rings (SSSR count). The van der Waals surface area contributed by atoms with Crippen LogP contribution in [-0.2, 0) is 29.0 Å². The first-order chi connectivity index (χ1) is 15.4. The number of hydrogen-bond acceptors (Lipinski definition) is 2. The predicted octanol–water partition coefficient (Wildman–Crippen LogP) is 5.23. The number of halogens is 2. The molecule has 0 radical (unpaired) electrons. The Morgan fingerprint density at radius 1 is 0.938 bits per heavy atom. The molecule has 0 aliphatic carbocycles. The van der Waals surface area contributed by atoms with E-state index in [0.29, 0.717) is 28.6 Å². The molecular weight excluding hydrogens is 443 g/mol. The Hall–Kier alpha value is -2.82. The van der Waals surface area contributed by atoms with Crippen LogP contribution in [0.4, 0.5) is 0 Å². The zero-order chi connectivity index (χ0) is 23.1. The minimum Gasteiger partial charge on any atom is -0.357 e. The molecule has 0 unspecified atom stereocenters. The lowest BCUT2D eigenvalue weighted by Crippen LogP contribution is -2.50. The van der Waals surface area contributed by atoms with Gasteiger partial charge in [0.25, 0.3) is 0 Å². The average Bonchev–Trinajstić information content (AvgIpc) is 2.79. The molecule has 3 aromatic carbocycles. The van der Waals surface area contributed by atoms with Gasteiger partial charge in [0.15, 0.2) is 0 Å². The fraction of sp³-hybridized carbons (Fsp3) is 0.231. The summed E-state index contributed by atoms with van der Waals surface area (Å²) >= 11 is 12.3. The molecule has 0 spiro atoms. The second-order valence-electron chi connectivity index (χ2n) is 7.74. The highest BCUT2D eigenvalue weighted by molar-refractivity contribution is 6.35. The van der Waals surface area contributed by atoms with Crippen molar-refractivity contribution >= 4 is 35.0 Å². The van der Waals surface area contributed by atoms with Crippen LogP contribution in [0, 0.1) is 6.92 Å². The zero-order valence-corrected chi connectivity index (χ0v) is 19.7. The Labute approximate surface area is 199 Å². The average molecular weight is 469 g/mol. The van der Waals surface area contributed by atoms with Crippen molar-refractivity contribution in [2.75, 3.05) is 7.05 Å². The Kier molecular flexibility index (Phi) is 8.32. The van der Waals surface area contributed by atoms with E-state index in [0.717, 1.165) is 16.7 Å². The second-order valence-corrected chi connectivity index (χ2v) is 8.58. The van der Waals surface area contributed by atoms with E-state index >= 15 is 0 Å². The van der Waals surface area contributed by atoms with Gasteiger partial charge in [-0.15, -0.1) is 0 Å². The number of nitrogens with one attached hydrogen (secondary N) is 1. The maximum Gasteiger partial charge on any atom is 0.242 e. The number of benzene rings is 3. The smallest absolute Gasteiger partial charge is 0.242 e. The summed E-state index contributed by atoms with van der Waals surface area (Å²) in [5.41, 5.74) is 3.73. The van der Waals surface area contributed by atoms with E-state index in [9.17, 15) is 9.59 Å². The van der Waals surface area contributed by atoms with Crippen molar-refractivity contribution in [3.8, 4) is 0 Å². The van der Waals surface area contributed by atoms with Crippen molar-refractivity contribution in [3.63, 3.8) is 0 Å². The minimum atomic E-state index is -0.665. The van der Waals surface area contributed by atoms with Gasteiger partial charge in [0.05, 0.1) is 6.42 Å². The van der Waals surface area contributed by atoms with E-state index in [1.165, 1.54) is 0 Å². The molecule has 0 heterocycles. The molecule has 1 atom stereocenters. The van der Waals surface area contributed by atoms with Crippen molar-refractivity contribution in [1.82, 2.24) is 10.2 Å². The van der Waals surface area contributed by atoms with Crippen molar-refractivity contribution in [1.29, 1.82) is 0 Å². The second kappa shape index (κ2) is 11.2. The highest BCUT2D eigenvalue weighted by Crippen LogP contribution is 2.23. The summed E-state index contributed by atoms with van der Waals surface area (Å²) in [6, 6.07) is 22.1. The predicted molar refractivity (Wildman–Crippen MR) is 130 cm³/mol. The number of amides is 2. The number of carbonyl (C=O) groups is 2. The van der Waals surface area contributed by atoms with Gasteiger partial charge in [-0.2, -0.15) is 0 Å². The largest absolute Gasteiger partial charge is 0.357 e. The summed E-state index contributed by atoms with van der Waals surface area (Å²) in [4.78, 5) is 28.1. The number of nitrogens with zero attached hydrogens (tertiary/aromatic N) is 1. The van der Waals surface area contributed by atoms with Gasteiger partial charge in [-0.1, -0.05) is 89.4 Å². The summed E-state index contributed by atoms with van der Waals surface area (Å²) in [7, 11) is 1.59. The van der Waals surface area contributed by atoms with Gasteiger partial charge in [0.2, 0.25) is 11.8 Å². The molecule has 0 saturated heterocycles. The topological polar surface area (TPSA) is 49.4 Å². The molecule has 166 valence electrons. The lowest BCUT2D eigenvalue weighted by molar-refractivity contribution is -0.140. The Morgan fingerprint density at radius 3 is 2.25 bits per heavy atom. The van der Waals surface area contributed by atoms with E-state index in [1.54, 1.807) is 30.1 Å². The summed E-state index contributed by atoms with van der Waals surface area (Å²) in [6.07, 6.45) is 0.483. The van der Waals surface area contributed by atoms with Crippen molar-refractivity contribution in [3.05, 3.63) is 105 Å². The van der Waals surface area contributed by atoms with Gasteiger partial charge in [0, 0.05) is 30.1 Å². The Balaban J connectivity index is 1.95. The monoisotopic (exact) mass is 468 g/mol. The number of hydrogen-bond donors (Lipinski definition) is 1. The highest BCUT2D eigenvalue weighted by Gasteiger charge is 2.30. The van der Waals surface area contributed by atoms with Crippen molar-refractivity contribution in [2.24, 2.45) is 0 Å². The first-order valence-electron chi connectivity index (χ1n) is 10.4. The van der Waals surface area contributed by atoms with Gasteiger partial charge in [-0.05, 0) is 35.7 Å². The first kappa shape index (κ1) is 23.8. The zero-order valence-electron chi connectivity index (χ0n) is 18.1. The van der Waals surface area contributed by atoms with E-state index in [-0.39, 0.29) is 18.2 Å². The number of aryl methyl sites for hydroxylation is 1. The van der Waals surface area contributed by atoms with E-state index in [1.807, 2.05) is 61.5 Å². The van der Waals surface area contributed by atoms with Gasteiger partial charge in [-0.25, -0.2) is 0 Å². The van der Waals surface area contributed by atoms with Crippen LogP contribution in [0.3, 0.4) is 0 Å². The molecule has 6 heteroatoms. The van der Waals surface area contributed by atoms with Crippen LogP contribution < -0.4 is 5.32 Å². The molecule has 0 bridgehead atoms. The standard InChI is InChI=1S/C26H26Cl2N2O2/c1-18-8-10-20(11-9-18)17-30(25(31)15-21-12-13-22(27)16-23(21)28)24(26(32)29-2)14-19-6-4-3-5-7-19/h3-13,16,24H,14-15,17H2,1-2H3,(H,29,32)/t24-/m0/s1. The maximum absolute atomic E-state index is 13.5. The SMILES string of the molecule is CNC(=O)[C@H](Cc1ccccc1)N(Cc1ccc(C)cc1)C(=O)Cc1ccc(Cl)cc1Cl. The third kappa shape index (κ3) is 6.35. The number of likely N-dealkylation sites (N-methyl/N-ethyl adjacent to an activating group) is 1. The summed E-state index contributed by atoms with van der Waals surface area (Å²) in [6.45, 7) is 2.33. The van der Waals surface area contributed by atoms with Crippen LogP contribution in [0.15, 0.2) is 72.8 Å². The number of rotatable bonds is 8. The van der Waals surface area contributed by atoms with E-state index in [4.69, 9.17) is 23.2 Å². The molecule has 0 saturated carbocycles. The third-order valence-corrected chi connectivity index (χ3v) is 5.93. The fourth-order valence-corrected chi connectivity index (χ4v) is 4.02. The van der Waals surface area contributed by atoms with Crippen LogP contribution in [0.2, 0.25) is 10.0 Å². The van der Waals surface area contributed by atoms with E-state index < -0.39 is 6.04 Å². The molecule has 3 aromatic rings. The third-order valence-electron chi connectivity index (χ3n) is 5.35. The molecule has 2 amide bonds. The quantitative estimate of drug-likeness (QED) is 0.491. The Morgan fingerprint density at radius 2 is 1.62 bits per heavy atom. The van der Waals surface area contributed by atoms with Gasteiger partial charge < -0.3 is 10.2 Å². The van der Waals surface area contributed by atoms with Crippen LogP contribution >= 0.6 is 23.2 Å².